The topological polar surface area (TPSA) is 115 Å². The zero-order chi connectivity index (χ0) is 20.7. The fraction of sp³-hybridized carbons (Fsp3) is 0.211. The van der Waals surface area contributed by atoms with Crippen LogP contribution in [0.4, 0.5) is 10.1 Å². The molecule has 0 saturated carbocycles. The number of halogens is 2. The number of hydrogen-bond donors (Lipinski definition) is 3. The summed E-state index contributed by atoms with van der Waals surface area (Å²) < 4.78 is 17.5. The van der Waals surface area contributed by atoms with Crippen LogP contribution in [0.2, 0.25) is 5.02 Å². The molecule has 1 unspecified atom stereocenters. The molecule has 0 radical (unpaired) electrons. The molecule has 0 aliphatic rings. The van der Waals surface area contributed by atoms with Gasteiger partial charge in [0.05, 0.1) is 16.7 Å². The van der Waals surface area contributed by atoms with Crippen LogP contribution in [-0.4, -0.2) is 33.1 Å². The summed E-state index contributed by atoms with van der Waals surface area (Å²) in [5, 5.41) is 37.5. The van der Waals surface area contributed by atoms with Gasteiger partial charge < -0.3 is 19.9 Å². The first-order valence-electron chi connectivity index (χ1n) is 8.19. The van der Waals surface area contributed by atoms with Crippen LogP contribution in [0.3, 0.4) is 0 Å². The van der Waals surface area contributed by atoms with E-state index in [9.17, 15) is 4.39 Å². The Bertz CT molecular complexity index is 972. The molecule has 146 valence electrons. The number of benzene rings is 2. The van der Waals surface area contributed by atoms with E-state index in [4.69, 9.17) is 31.5 Å². The number of nitriles is 1. The van der Waals surface area contributed by atoms with Crippen molar-refractivity contribution in [3.8, 4) is 23.3 Å². The van der Waals surface area contributed by atoms with E-state index in [0.717, 1.165) is 23.7 Å². The van der Waals surface area contributed by atoms with Crippen molar-refractivity contribution in [2.75, 3.05) is 11.9 Å². The van der Waals surface area contributed by atoms with Crippen LogP contribution in [-0.2, 0) is 0 Å². The van der Waals surface area contributed by atoms with Gasteiger partial charge >= 0.3 is 0 Å². The molecular weight excluding hydrogens is 387 g/mol. The standard InChI is InChI=1S/C11H13ClN2O.C8H5FN2O2/c1-7(15)6-14-10-4-3-9(5-13)11(12)8(10)2;9-6-2-1-5(3-7(6)12)8-11-10-4-13-8/h3-4,7,14-15H,6H2,1-2H3;1-4,12H. The van der Waals surface area contributed by atoms with E-state index in [1.54, 1.807) is 19.1 Å². The fourth-order valence-corrected chi connectivity index (χ4v) is 2.37. The first-order valence-corrected chi connectivity index (χ1v) is 8.57. The third-order valence-electron chi connectivity index (χ3n) is 3.65. The number of nitrogens with one attached hydrogen (secondary N) is 1. The van der Waals surface area contributed by atoms with Gasteiger partial charge in [0.1, 0.15) is 6.07 Å². The fourth-order valence-electron chi connectivity index (χ4n) is 2.17. The number of anilines is 1. The quantitative estimate of drug-likeness (QED) is 0.604. The Kier molecular flexibility index (Phi) is 7.32. The number of hydrogen-bond acceptors (Lipinski definition) is 7. The highest BCUT2D eigenvalue weighted by molar-refractivity contribution is 6.32. The third-order valence-corrected chi connectivity index (χ3v) is 4.13. The van der Waals surface area contributed by atoms with Crippen molar-refractivity contribution in [1.29, 1.82) is 5.26 Å². The zero-order valence-electron chi connectivity index (χ0n) is 15.1. The summed E-state index contributed by atoms with van der Waals surface area (Å²) in [5.74, 6) is -0.866. The average Bonchev–Trinajstić information content (AvgIpc) is 3.20. The van der Waals surface area contributed by atoms with Gasteiger partial charge in [0.15, 0.2) is 11.6 Å². The lowest BCUT2D eigenvalue weighted by atomic mass is 10.1. The lowest BCUT2D eigenvalue weighted by Gasteiger charge is -2.12. The van der Waals surface area contributed by atoms with Crippen LogP contribution >= 0.6 is 11.6 Å². The van der Waals surface area contributed by atoms with Crippen LogP contribution in [0.15, 0.2) is 41.1 Å². The predicted octanol–water partition coefficient (Wildman–Crippen LogP) is 3.89. The van der Waals surface area contributed by atoms with Crippen molar-refractivity contribution >= 4 is 17.3 Å². The highest BCUT2D eigenvalue weighted by Crippen LogP contribution is 2.27. The molecule has 1 heterocycles. The zero-order valence-corrected chi connectivity index (χ0v) is 15.9. The van der Waals surface area contributed by atoms with E-state index < -0.39 is 17.7 Å². The molecule has 1 aromatic heterocycles. The summed E-state index contributed by atoms with van der Waals surface area (Å²) in [7, 11) is 0. The maximum absolute atomic E-state index is 12.6. The molecule has 7 nitrogen and oxygen atoms in total. The van der Waals surface area contributed by atoms with Crippen LogP contribution in [0.1, 0.15) is 18.1 Å². The summed E-state index contributed by atoms with van der Waals surface area (Å²) in [6, 6.07) is 9.29. The molecule has 9 heteroatoms. The second kappa shape index (κ2) is 9.69. The van der Waals surface area contributed by atoms with Gasteiger partial charge in [-0.3, -0.25) is 0 Å². The van der Waals surface area contributed by atoms with E-state index in [1.807, 2.05) is 13.0 Å². The van der Waals surface area contributed by atoms with Gasteiger partial charge in [-0.25, -0.2) is 4.39 Å². The maximum atomic E-state index is 12.6. The van der Waals surface area contributed by atoms with Gasteiger partial charge in [-0.2, -0.15) is 5.26 Å². The Balaban J connectivity index is 0.000000202. The Morgan fingerprint density at radius 2 is 2.11 bits per heavy atom. The van der Waals surface area contributed by atoms with Crippen molar-refractivity contribution in [2.24, 2.45) is 0 Å². The predicted molar refractivity (Wildman–Crippen MR) is 102 cm³/mol. The van der Waals surface area contributed by atoms with Crippen molar-refractivity contribution in [2.45, 2.75) is 20.0 Å². The summed E-state index contributed by atoms with van der Waals surface area (Å²) in [5.41, 5.74) is 2.63. The number of phenols is 1. The number of aromatic nitrogens is 2. The number of aliphatic hydroxyl groups is 1. The minimum atomic E-state index is -0.678. The number of rotatable bonds is 4. The molecule has 0 aliphatic carbocycles. The van der Waals surface area contributed by atoms with Crippen molar-refractivity contribution in [3.05, 3.63) is 58.7 Å². The highest BCUT2D eigenvalue weighted by atomic mass is 35.5. The molecule has 0 saturated heterocycles. The number of phenolic OH excluding ortho intramolecular Hbond substituents is 1. The smallest absolute Gasteiger partial charge is 0.247 e. The SMILES string of the molecule is Cc1c(NCC(C)O)ccc(C#N)c1Cl.Oc1cc(-c2nnco2)ccc1F. The minimum Gasteiger partial charge on any atom is -0.505 e. The van der Waals surface area contributed by atoms with Crippen molar-refractivity contribution < 1.29 is 19.0 Å². The molecule has 0 spiro atoms. The molecule has 0 fully saturated rings. The number of aromatic hydroxyl groups is 1. The molecule has 28 heavy (non-hydrogen) atoms. The Morgan fingerprint density at radius 3 is 2.68 bits per heavy atom. The van der Waals surface area contributed by atoms with Gasteiger partial charge in [-0.05, 0) is 49.7 Å². The lowest BCUT2D eigenvalue weighted by molar-refractivity contribution is 0.208. The summed E-state index contributed by atoms with van der Waals surface area (Å²) >= 11 is 5.99. The van der Waals surface area contributed by atoms with Gasteiger partial charge in [-0.1, -0.05) is 11.6 Å². The number of nitrogens with zero attached hydrogens (tertiary/aromatic N) is 3. The van der Waals surface area contributed by atoms with Gasteiger partial charge in [-0.15, -0.1) is 10.2 Å². The summed E-state index contributed by atoms with van der Waals surface area (Å²) in [6.45, 7) is 4.00. The first kappa shape index (κ1) is 21.2. The molecule has 3 aromatic rings. The molecule has 3 rings (SSSR count). The molecule has 2 aromatic carbocycles. The largest absolute Gasteiger partial charge is 0.505 e. The molecule has 0 aliphatic heterocycles. The highest BCUT2D eigenvalue weighted by Gasteiger charge is 2.08. The maximum Gasteiger partial charge on any atom is 0.247 e. The summed E-state index contributed by atoms with van der Waals surface area (Å²) in [4.78, 5) is 0. The van der Waals surface area contributed by atoms with E-state index in [-0.39, 0.29) is 5.89 Å². The molecule has 0 bridgehead atoms. The Hall–Kier alpha value is -3.15. The lowest BCUT2D eigenvalue weighted by Crippen LogP contribution is -2.15. The number of aliphatic hydroxyl groups excluding tert-OH is 1. The van der Waals surface area contributed by atoms with Crippen molar-refractivity contribution in [1.82, 2.24) is 10.2 Å². The first-order chi connectivity index (χ1) is 13.3. The van der Waals surface area contributed by atoms with E-state index in [1.165, 1.54) is 12.1 Å². The van der Waals surface area contributed by atoms with Crippen LogP contribution < -0.4 is 5.32 Å². The van der Waals surface area contributed by atoms with Crippen LogP contribution in [0.25, 0.3) is 11.5 Å². The van der Waals surface area contributed by atoms with Crippen LogP contribution in [0, 0.1) is 24.1 Å². The van der Waals surface area contributed by atoms with E-state index >= 15 is 0 Å². The van der Waals surface area contributed by atoms with Gasteiger partial charge in [0, 0.05) is 17.8 Å². The average molecular weight is 405 g/mol. The molecule has 3 N–H and O–H groups in total. The molecule has 1 atom stereocenters. The third kappa shape index (κ3) is 5.42. The van der Waals surface area contributed by atoms with Crippen molar-refractivity contribution in [3.63, 3.8) is 0 Å². The van der Waals surface area contributed by atoms with Gasteiger partial charge in [0.25, 0.3) is 0 Å². The molecule has 0 amide bonds. The Morgan fingerprint density at radius 1 is 1.36 bits per heavy atom. The Labute approximate surface area is 166 Å². The molecular formula is C19H18ClFN4O3. The van der Waals surface area contributed by atoms with E-state index in [0.29, 0.717) is 22.7 Å². The second-order valence-electron chi connectivity index (χ2n) is 5.85. The monoisotopic (exact) mass is 404 g/mol. The van der Waals surface area contributed by atoms with E-state index in [2.05, 4.69) is 15.5 Å². The van der Waals surface area contributed by atoms with Crippen LogP contribution in [0.5, 0.6) is 5.75 Å². The second-order valence-corrected chi connectivity index (χ2v) is 6.23. The normalized spacial score (nSPS) is 11.1. The summed E-state index contributed by atoms with van der Waals surface area (Å²) in [6.07, 6.45) is 0.745. The minimum absolute atomic E-state index is 0.246. The van der Waals surface area contributed by atoms with Gasteiger partial charge in [0.2, 0.25) is 12.3 Å².